The van der Waals surface area contributed by atoms with E-state index in [2.05, 4.69) is 37.8 Å². The zero-order valence-electron chi connectivity index (χ0n) is 37.9. The Balaban J connectivity index is 2.98. The van der Waals surface area contributed by atoms with E-state index in [9.17, 15) is 24.0 Å². The van der Waals surface area contributed by atoms with Gasteiger partial charge in [0.1, 0.15) is 41.1 Å². The van der Waals surface area contributed by atoms with Gasteiger partial charge in [-0.15, -0.1) is 4.99 Å². The van der Waals surface area contributed by atoms with Crippen LogP contribution in [0.25, 0.3) is 0 Å². The molecule has 0 fully saturated rings. The van der Waals surface area contributed by atoms with Crippen LogP contribution in [0, 0.1) is 11.8 Å². The summed E-state index contributed by atoms with van der Waals surface area (Å²) in [5, 5.41) is 7.41. The summed E-state index contributed by atoms with van der Waals surface area (Å²) in [4.78, 5) is 75.8. The highest BCUT2D eigenvalue weighted by molar-refractivity contribution is 6.02. The minimum absolute atomic E-state index is 0.126. The lowest BCUT2D eigenvalue weighted by molar-refractivity contribution is 0.0523. The van der Waals surface area contributed by atoms with E-state index in [1.54, 1.807) is 113 Å². The van der Waals surface area contributed by atoms with Crippen molar-refractivity contribution in [2.45, 2.75) is 137 Å². The third kappa shape index (κ3) is 23.4. The molecule has 0 saturated carbocycles. The number of ether oxygens (including phenoxy) is 6. The van der Waals surface area contributed by atoms with Crippen molar-refractivity contribution in [1.82, 2.24) is 20.9 Å². The molecule has 0 aliphatic heterocycles. The monoisotopic (exact) mass is 865 g/mol. The normalized spacial score (nSPS) is 12.8. The quantitative estimate of drug-likeness (QED) is 0.0580. The second-order valence-electron chi connectivity index (χ2n) is 17.6. The Hall–Kier alpha value is -6.35. The number of nitrogens with zero attached hydrogens (tertiary/aromatic N) is 3. The van der Waals surface area contributed by atoms with Gasteiger partial charge in [-0.2, -0.15) is 0 Å². The molecular weight excluding hydrogens is 803 g/mol. The highest BCUT2D eigenvalue weighted by Gasteiger charge is 2.34. The van der Waals surface area contributed by atoms with Crippen molar-refractivity contribution in [3.8, 4) is 11.8 Å². The molecule has 2 aromatic carbocycles. The van der Waals surface area contributed by atoms with Crippen molar-refractivity contribution in [3.05, 3.63) is 71.8 Å². The molecule has 0 aliphatic rings. The Kier molecular flexibility index (Phi) is 19.7. The molecule has 0 unspecified atom stereocenters. The molecule has 0 radical (unpaired) electrons. The molecule has 0 aliphatic carbocycles. The van der Waals surface area contributed by atoms with Crippen molar-refractivity contribution in [3.63, 3.8) is 0 Å². The van der Waals surface area contributed by atoms with Crippen LogP contribution in [-0.4, -0.2) is 95.0 Å². The van der Waals surface area contributed by atoms with E-state index in [1.165, 1.54) is 4.90 Å². The fraction of sp³-hybridized carbons (Fsp3) is 0.523. The molecule has 340 valence electrons. The third-order valence-electron chi connectivity index (χ3n) is 7.03. The Morgan fingerprint density at radius 2 is 1.15 bits per heavy atom. The van der Waals surface area contributed by atoms with Crippen LogP contribution < -0.4 is 21.7 Å². The molecule has 5 N–H and O–H groups in total. The SMILES string of the molecule is CC(C)(C)OC(=O)/N=C(\NC(=O)OC(C)(C)C)N(Cc1ccccc1)[C@H](C#CCCOCc1ccccc1)[C@H](COC(N)=O)N=C(NC(=O)OC(C)(C)C)NC(=O)OC(C)(C)C. The summed E-state index contributed by atoms with van der Waals surface area (Å²) in [6, 6.07) is 15.6. The van der Waals surface area contributed by atoms with Crippen LogP contribution >= 0.6 is 0 Å². The second kappa shape index (κ2) is 23.6. The van der Waals surface area contributed by atoms with E-state index in [4.69, 9.17) is 34.2 Å². The first-order valence-electron chi connectivity index (χ1n) is 19.9. The van der Waals surface area contributed by atoms with Crippen LogP contribution in [0.15, 0.2) is 70.6 Å². The molecule has 2 rings (SSSR count). The summed E-state index contributed by atoms with van der Waals surface area (Å²) in [6.45, 7) is 19.4. The number of hydrogen-bond donors (Lipinski definition) is 4. The van der Waals surface area contributed by atoms with Crippen molar-refractivity contribution < 1.29 is 52.4 Å². The molecule has 2 atom stereocenters. The number of guanidine groups is 2. The zero-order valence-corrected chi connectivity index (χ0v) is 37.9. The summed E-state index contributed by atoms with van der Waals surface area (Å²) < 4.78 is 33.2. The summed E-state index contributed by atoms with van der Waals surface area (Å²) in [5.74, 6) is 5.27. The van der Waals surface area contributed by atoms with Crippen LogP contribution in [0.2, 0.25) is 0 Å². The summed E-state index contributed by atoms with van der Waals surface area (Å²) in [7, 11) is 0. The number of benzene rings is 2. The van der Waals surface area contributed by atoms with Gasteiger partial charge in [0.15, 0.2) is 0 Å². The van der Waals surface area contributed by atoms with E-state index in [1.807, 2.05) is 30.3 Å². The Labute approximate surface area is 364 Å². The lowest BCUT2D eigenvalue weighted by Gasteiger charge is -2.35. The number of rotatable bonds is 11. The van der Waals surface area contributed by atoms with Crippen molar-refractivity contribution in [1.29, 1.82) is 0 Å². The molecular formula is C44H63N7O11. The number of hydrogen-bond acceptors (Lipinski definition) is 12. The molecule has 18 nitrogen and oxygen atoms in total. The second-order valence-corrected chi connectivity index (χ2v) is 17.6. The van der Waals surface area contributed by atoms with Crippen molar-refractivity contribution in [2.24, 2.45) is 15.7 Å². The minimum atomic E-state index is -1.41. The van der Waals surface area contributed by atoms with Crippen molar-refractivity contribution in [2.75, 3.05) is 13.2 Å². The standard InChI is InChI=1S/C44H63N7O11/c1-41(2,3)59-37(53)47-35(48-38(54)60-42(4,5)6)46-32(29-58-34(45)52)33(25-19-20-26-57-28-31-23-17-14-18-24-31)51(27-30-21-15-13-16-22-30)36(49-39(55)61-43(7,8)9)50-40(56)62-44(10,11)12/h13-18,21-24,32-33H,20,26-29H2,1-12H3,(H2,45,52)(H,49,50,55,56)(H2,46,47,48,53,54)/t32-,33+/m0/s1. The van der Waals surface area contributed by atoms with Crippen LogP contribution in [-0.2, 0) is 41.6 Å². The third-order valence-corrected chi connectivity index (χ3v) is 7.03. The molecule has 0 bridgehead atoms. The van der Waals surface area contributed by atoms with Crippen LogP contribution in [0.4, 0.5) is 24.0 Å². The highest BCUT2D eigenvalue weighted by atomic mass is 16.6. The number of nitrogens with two attached hydrogens (primary N) is 1. The van der Waals surface area contributed by atoms with Gasteiger partial charge in [-0.1, -0.05) is 72.5 Å². The van der Waals surface area contributed by atoms with E-state index in [-0.39, 0.29) is 19.6 Å². The fourth-order valence-electron chi connectivity index (χ4n) is 4.89. The molecule has 0 spiro atoms. The van der Waals surface area contributed by atoms with Crippen molar-refractivity contribution >= 4 is 42.4 Å². The topological polar surface area (TPSA) is 231 Å². The van der Waals surface area contributed by atoms with Gasteiger partial charge in [-0.3, -0.25) is 16.0 Å². The number of carbonyl (C=O) groups excluding carboxylic acids is 5. The van der Waals surface area contributed by atoms with Gasteiger partial charge in [-0.05, 0) is 94.2 Å². The van der Waals surface area contributed by atoms with Gasteiger partial charge in [0.25, 0.3) is 0 Å². The highest BCUT2D eigenvalue weighted by Crippen LogP contribution is 2.18. The maximum atomic E-state index is 13.5. The van der Waals surface area contributed by atoms with E-state index in [0.29, 0.717) is 12.2 Å². The predicted octanol–water partition coefficient (Wildman–Crippen LogP) is 7.15. The number of primary amides is 1. The van der Waals surface area contributed by atoms with Gasteiger partial charge < -0.3 is 39.1 Å². The molecule has 62 heavy (non-hydrogen) atoms. The summed E-state index contributed by atoms with van der Waals surface area (Å²) in [6.07, 6.45) is -5.15. The smallest absolute Gasteiger partial charge is 0.437 e. The first-order valence-corrected chi connectivity index (χ1v) is 19.9. The van der Waals surface area contributed by atoms with E-state index in [0.717, 1.165) is 5.56 Å². The Morgan fingerprint density at radius 3 is 1.61 bits per heavy atom. The van der Waals surface area contributed by atoms with E-state index >= 15 is 0 Å². The predicted molar refractivity (Wildman–Crippen MR) is 233 cm³/mol. The van der Waals surface area contributed by atoms with Crippen LogP contribution in [0.5, 0.6) is 0 Å². The first kappa shape index (κ1) is 51.8. The lowest BCUT2D eigenvalue weighted by atomic mass is 10.1. The zero-order chi connectivity index (χ0) is 46.7. The summed E-state index contributed by atoms with van der Waals surface area (Å²) in [5.41, 5.74) is 3.12. The van der Waals surface area contributed by atoms with Gasteiger partial charge in [0.05, 0.1) is 13.2 Å². The average molecular weight is 866 g/mol. The van der Waals surface area contributed by atoms with Crippen LogP contribution in [0.3, 0.4) is 0 Å². The van der Waals surface area contributed by atoms with Crippen LogP contribution in [0.1, 0.15) is 101 Å². The number of carbonyl (C=O) groups is 5. The van der Waals surface area contributed by atoms with Gasteiger partial charge in [0.2, 0.25) is 11.9 Å². The van der Waals surface area contributed by atoms with Gasteiger partial charge in [-0.25, -0.2) is 29.0 Å². The summed E-state index contributed by atoms with van der Waals surface area (Å²) >= 11 is 0. The van der Waals surface area contributed by atoms with Gasteiger partial charge >= 0.3 is 30.5 Å². The Morgan fingerprint density at radius 1 is 0.677 bits per heavy atom. The molecule has 2 aromatic rings. The lowest BCUT2D eigenvalue weighted by Crippen LogP contribution is -2.55. The molecule has 0 aromatic heterocycles. The minimum Gasteiger partial charge on any atom is -0.447 e. The largest absolute Gasteiger partial charge is 0.447 e. The van der Waals surface area contributed by atoms with E-state index < -0.39 is 83.5 Å². The number of alkyl carbamates (subject to hydrolysis) is 3. The number of nitrogens with one attached hydrogen (secondary N) is 3. The fourth-order valence-corrected chi connectivity index (χ4v) is 4.89. The molecule has 0 saturated heterocycles. The van der Waals surface area contributed by atoms with Gasteiger partial charge in [0, 0.05) is 13.0 Å². The molecule has 0 heterocycles. The Bertz CT molecular complexity index is 1890. The maximum absolute atomic E-state index is 13.5. The first-order chi connectivity index (χ1) is 28.7. The maximum Gasteiger partial charge on any atom is 0.437 e. The number of amides is 5. The average Bonchev–Trinajstić information content (AvgIpc) is 3.09. The molecule has 18 heteroatoms. The molecule has 5 amide bonds. The number of aliphatic imine (C=N–C) groups is 2.